The molecule has 0 spiro atoms. The summed E-state index contributed by atoms with van der Waals surface area (Å²) in [6.07, 6.45) is 2.98. The van der Waals surface area contributed by atoms with Crippen molar-refractivity contribution in [3.63, 3.8) is 0 Å². The quantitative estimate of drug-likeness (QED) is 0.673. The van der Waals surface area contributed by atoms with Gasteiger partial charge in [0.1, 0.15) is 10.1 Å². The maximum atomic E-state index is 12.0. The Morgan fingerprint density at radius 2 is 2.39 bits per heavy atom. The number of furan rings is 1. The molecule has 2 heterocycles. The fourth-order valence-corrected chi connectivity index (χ4v) is 2.69. The van der Waals surface area contributed by atoms with Gasteiger partial charge in [-0.25, -0.2) is 0 Å². The Morgan fingerprint density at radius 3 is 3.00 bits per heavy atom. The number of carbonyl (C=O) groups is 2. The monoisotopic (exact) mass is 283 g/mol. The van der Waals surface area contributed by atoms with Gasteiger partial charge in [-0.2, -0.15) is 0 Å². The molecular weight excluding hydrogens is 274 g/mol. The molecule has 1 aromatic rings. The van der Waals surface area contributed by atoms with Crippen molar-refractivity contribution in [2.75, 3.05) is 6.54 Å². The van der Waals surface area contributed by atoms with Crippen molar-refractivity contribution in [2.45, 2.75) is 6.42 Å². The van der Waals surface area contributed by atoms with Crippen molar-refractivity contribution in [3.8, 4) is 0 Å². The lowest BCUT2D eigenvalue weighted by Gasteiger charge is -2.12. The van der Waals surface area contributed by atoms with Gasteiger partial charge in [0.25, 0.3) is 5.91 Å². The Bertz CT molecular complexity index is 521. The number of hydrogen-bond donors (Lipinski definition) is 1. The van der Waals surface area contributed by atoms with E-state index in [0.29, 0.717) is 15.0 Å². The van der Waals surface area contributed by atoms with Crippen molar-refractivity contribution in [1.29, 1.82) is 0 Å². The first kappa shape index (κ1) is 12.8. The summed E-state index contributed by atoms with van der Waals surface area (Å²) < 4.78 is 5.49. The maximum Gasteiger partial charge on any atom is 0.305 e. The van der Waals surface area contributed by atoms with E-state index in [0.717, 1.165) is 11.8 Å². The largest absolute Gasteiger partial charge is 0.481 e. The average Bonchev–Trinajstić information content (AvgIpc) is 2.88. The number of aliphatic carboxylic acids is 1. The Balaban J connectivity index is 2.11. The summed E-state index contributed by atoms with van der Waals surface area (Å²) in [4.78, 5) is 24.2. The van der Waals surface area contributed by atoms with Gasteiger partial charge in [0.2, 0.25) is 0 Å². The number of carbonyl (C=O) groups excluding carboxylic acids is 1. The number of carboxylic acids is 1. The summed E-state index contributed by atoms with van der Waals surface area (Å²) in [5, 5.41) is 8.60. The summed E-state index contributed by atoms with van der Waals surface area (Å²) in [5.74, 6) is -0.671. The summed E-state index contributed by atoms with van der Waals surface area (Å²) in [6.45, 7) is 0.0928. The van der Waals surface area contributed by atoms with Crippen LogP contribution >= 0.6 is 24.0 Å². The van der Waals surface area contributed by atoms with Crippen LogP contribution in [0.1, 0.15) is 12.2 Å². The molecule has 0 unspecified atom stereocenters. The molecule has 1 aliphatic heterocycles. The predicted molar refractivity (Wildman–Crippen MR) is 70.8 cm³/mol. The Morgan fingerprint density at radius 1 is 1.61 bits per heavy atom. The number of hydrogen-bond acceptors (Lipinski definition) is 5. The molecule has 1 amide bonds. The highest BCUT2D eigenvalue weighted by atomic mass is 32.2. The third-order valence-corrected chi connectivity index (χ3v) is 3.62. The summed E-state index contributed by atoms with van der Waals surface area (Å²) in [5.41, 5.74) is 0. The number of rotatable bonds is 4. The summed E-state index contributed by atoms with van der Waals surface area (Å²) in [6, 6.07) is 3.45. The molecule has 5 nitrogen and oxygen atoms in total. The fourth-order valence-electron chi connectivity index (χ4n) is 1.40. The molecule has 7 heteroatoms. The molecule has 0 atom stereocenters. The Labute approximate surface area is 112 Å². The lowest BCUT2D eigenvalue weighted by atomic mass is 10.3. The molecule has 1 fully saturated rings. The molecule has 0 saturated carbocycles. The van der Waals surface area contributed by atoms with E-state index in [1.54, 1.807) is 18.2 Å². The lowest BCUT2D eigenvalue weighted by molar-refractivity contribution is -0.137. The maximum absolute atomic E-state index is 12.0. The average molecular weight is 283 g/mol. The molecule has 0 aliphatic carbocycles. The van der Waals surface area contributed by atoms with E-state index in [2.05, 4.69) is 0 Å². The van der Waals surface area contributed by atoms with E-state index < -0.39 is 5.97 Å². The predicted octanol–water partition coefficient (Wildman–Crippen LogP) is 1.96. The Kier molecular flexibility index (Phi) is 3.83. The second kappa shape index (κ2) is 5.36. The molecular formula is C11H9NO4S2. The van der Waals surface area contributed by atoms with Gasteiger partial charge in [-0.15, -0.1) is 0 Å². The van der Waals surface area contributed by atoms with Gasteiger partial charge >= 0.3 is 5.97 Å². The first-order valence-corrected chi connectivity index (χ1v) is 6.31. The highest BCUT2D eigenvalue weighted by Crippen LogP contribution is 2.32. The molecule has 0 aromatic carbocycles. The normalized spacial score (nSPS) is 17.8. The SMILES string of the molecule is O=C(O)CCN1C(=O)/C(=C/c2ccco2)SC1=S. The van der Waals surface area contributed by atoms with Crippen LogP contribution < -0.4 is 0 Å². The highest BCUT2D eigenvalue weighted by Gasteiger charge is 2.32. The summed E-state index contributed by atoms with van der Waals surface area (Å²) >= 11 is 6.19. The topological polar surface area (TPSA) is 70.8 Å². The van der Waals surface area contributed by atoms with Gasteiger partial charge < -0.3 is 9.52 Å². The third-order valence-electron chi connectivity index (χ3n) is 2.24. The van der Waals surface area contributed by atoms with Crippen LogP contribution in [0.3, 0.4) is 0 Å². The van der Waals surface area contributed by atoms with Crippen LogP contribution in [0.4, 0.5) is 0 Å². The minimum atomic E-state index is -0.959. The molecule has 1 N–H and O–H groups in total. The summed E-state index contributed by atoms with van der Waals surface area (Å²) in [7, 11) is 0. The van der Waals surface area contributed by atoms with Crippen LogP contribution in [0.25, 0.3) is 6.08 Å². The minimum Gasteiger partial charge on any atom is -0.481 e. The van der Waals surface area contributed by atoms with Crippen LogP contribution in [-0.2, 0) is 9.59 Å². The van der Waals surface area contributed by atoms with E-state index >= 15 is 0 Å². The number of amides is 1. The molecule has 94 valence electrons. The first-order chi connectivity index (χ1) is 8.58. The zero-order valence-corrected chi connectivity index (χ0v) is 10.8. The van der Waals surface area contributed by atoms with Crippen LogP contribution in [0.2, 0.25) is 0 Å². The fraction of sp³-hybridized carbons (Fsp3) is 0.182. The zero-order chi connectivity index (χ0) is 13.1. The second-order valence-electron chi connectivity index (χ2n) is 3.49. The second-order valence-corrected chi connectivity index (χ2v) is 5.17. The first-order valence-electron chi connectivity index (χ1n) is 5.08. The number of thioether (sulfide) groups is 1. The van der Waals surface area contributed by atoms with Crippen molar-refractivity contribution in [2.24, 2.45) is 0 Å². The minimum absolute atomic E-state index is 0.0928. The molecule has 1 saturated heterocycles. The number of nitrogens with zero attached hydrogens (tertiary/aromatic N) is 1. The Hall–Kier alpha value is -1.60. The van der Waals surface area contributed by atoms with Gasteiger partial charge in [-0.05, 0) is 12.1 Å². The standard InChI is InChI=1S/C11H9NO4S2/c13-9(14)3-4-12-10(15)8(18-11(12)17)6-7-2-1-5-16-7/h1-2,5-6H,3-4H2,(H,13,14)/b8-6-. The molecule has 18 heavy (non-hydrogen) atoms. The van der Waals surface area contributed by atoms with Crippen LogP contribution in [0.15, 0.2) is 27.7 Å². The van der Waals surface area contributed by atoms with Crippen molar-refractivity contribution >= 4 is 46.3 Å². The van der Waals surface area contributed by atoms with E-state index in [-0.39, 0.29) is 18.9 Å². The van der Waals surface area contributed by atoms with Crippen LogP contribution in [0, 0.1) is 0 Å². The number of carboxylic acid groups (broad SMARTS) is 1. The zero-order valence-electron chi connectivity index (χ0n) is 9.16. The molecule has 0 bridgehead atoms. The van der Waals surface area contributed by atoms with E-state index in [1.165, 1.54) is 11.2 Å². The van der Waals surface area contributed by atoms with E-state index in [9.17, 15) is 9.59 Å². The smallest absolute Gasteiger partial charge is 0.305 e. The van der Waals surface area contributed by atoms with Gasteiger partial charge in [0.05, 0.1) is 17.6 Å². The van der Waals surface area contributed by atoms with Gasteiger partial charge in [0, 0.05) is 12.6 Å². The van der Waals surface area contributed by atoms with Crippen molar-refractivity contribution in [3.05, 3.63) is 29.1 Å². The molecule has 1 aromatic heterocycles. The highest BCUT2D eigenvalue weighted by molar-refractivity contribution is 8.26. The molecule has 1 aliphatic rings. The van der Waals surface area contributed by atoms with E-state index in [1.807, 2.05) is 0 Å². The molecule has 0 radical (unpaired) electrons. The van der Waals surface area contributed by atoms with Gasteiger partial charge in [0.15, 0.2) is 0 Å². The molecule has 2 rings (SSSR count). The van der Waals surface area contributed by atoms with Crippen molar-refractivity contribution < 1.29 is 19.1 Å². The number of thiocarbonyl (C=S) groups is 1. The van der Waals surface area contributed by atoms with Crippen molar-refractivity contribution in [1.82, 2.24) is 4.90 Å². The van der Waals surface area contributed by atoms with Gasteiger partial charge in [-0.3, -0.25) is 14.5 Å². The third kappa shape index (κ3) is 2.80. The van der Waals surface area contributed by atoms with Crippen LogP contribution in [0.5, 0.6) is 0 Å². The van der Waals surface area contributed by atoms with E-state index in [4.69, 9.17) is 21.7 Å². The van der Waals surface area contributed by atoms with Crippen LogP contribution in [-0.4, -0.2) is 32.7 Å². The lowest BCUT2D eigenvalue weighted by Crippen LogP contribution is -2.30. The van der Waals surface area contributed by atoms with Gasteiger partial charge in [-0.1, -0.05) is 24.0 Å².